The third-order valence-electron chi connectivity index (χ3n) is 7.60. The van der Waals surface area contributed by atoms with Crippen molar-refractivity contribution in [3.8, 4) is 0 Å². The van der Waals surface area contributed by atoms with E-state index >= 15 is 0 Å². The quantitative estimate of drug-likeness (QED) is 0.584. The van der Waals surface area contributed by atoms with Crippen molar-refractivity contribution in [3.05, 3.63) is 83.1 Å². The van der Waals surface area contributed by atoms with Gasteiger partial charge in [-0.2, -0.15) is 0 Å². The summed E-state index contributed by atoms with van der Waals surface area (Å²) in [5.74, 6) is -0.0384. The number of fused-ring (bicyclic) bond motifs is 4. The van der Waals surface area contributed by atoms with Gasteiger partial charge in [0.1, 0.15) is 5.82 Å². The molecule has 2 fully saturated rings. The molecule has 1 aromatic heterocycles. The SMILES string of the molecule is CN1C2C1C21Cc2cc(F)c(CNS(=O)(=O)c3cn(C)cn3)cc2C1Cc1ccccc1. The van der Waals surface area contributed by atoms with Crippen LogP contribution in [0.25, 0.3) is 0 Å². The molecule has 3 aromatic rings. The summed E-state index contributed by atoms with van der Waals surface area (Å²) in [6, 6.07) is 15.1. The van der Waals surface area contributed by atoms with Crippen LogP contribution in [-0.4, -0.2) is 42.0 Å². The molecule has 3 atom stereocenters. The van der Waals surface area contributed by atoms with Gasteiger partial charge in [-0.1, -0.05) is 36.4 Å². The highest BCUT2D eigenvalue weighted by molar-refractivity contribution is 7.89. The number of hydrogen-bond donors (Lipinski definition) is 1. The summed E-state index contributed by atoms with van der Waals surface area (Å²) < 4.78 is 44.2. The highest BCUT2D eigenvalue weighted by Gasteiger charge is 2.84. The van der Waals surface area contributed by atoms with E-state index in [9.17, 15) is 12.8 Å². The minimum Gasteiger partial charge on any atom is -0.339 e. The number of rotatable bonds is 6. The summed E-state index contributed by atoms with van der Waals surface area (Å²) in [5, 5.41) is -0.0661. The van der Waals surface area contributed by atoms with Gasteiger partial charge in [0, 0.05) is 42.9 Å². The molecule has 0 amide bonds. The Morgan fingerprint density at radius 2 is 1.94 bits per heavy atom. The Kier molecular flexibility index (Phi) is 4.22. The topological polar surface area (TPSA) is 67.0 Å². The molecule has 3 aliphatic rings. The molecule has 8 heteroatoms. The van der Waals surface area contributed by atoms with Crippen LogP contribution in [0.3, 0.4) is 0 Å². The number of likely N-dealkylation sites (N-methyl/N-ethyl adjacent to an activating group) is 1. The fraction of sp³-hybridized carbons (Fsp3) is 0.375. The summed E-state index contributed by atoms with van der Waals surface area (Å²) >= 11 is 0. The van der Waals surface area contributed by atoms with Gasteiger partial charge in [0.05, 0.1) is 6.33 Å². The lowest BCUT2D eigenvalue weighted by Gasteiger charge is -2.29. The number of nitrogens with one attached hydrogen (secondary N) is 1. The standard InChI is InChI=1S/C24H25FN4O2S/c1-28-13-21(26-14-28)32(30,31)27-12-17-9-18-16(10-20(17)25)11-24(22-23(24)29(22)2)19(18)8-15-6-4-3-5-7-15/h3-7,9-10,13-14,19,22-23,27H,8,11-12H2,1-2H3. The Morgan fingerprint density at radius 3 is 2.59 bits per heavy atom. The number of halogens is 1. The van der Waals surface area contributed by atoms with Gasteiger partial charge >= 0.3 is 0 Å². The Hall–Kier alpha value is -2.55. The predicted octanol–water partition coefficient (Wildman–Crippen LogP) is 2.60. The molecule has 1 N–H and O–H groups in total. The number of hydrogen-bond acceptors (Lipinski definition) is 4. The number of likely N-dealkylation sites (tertiary alicyclic amines) is 1. The Bertz CT molecular complexity index is 1310. The molecule has 1 spiro atoms. The van der Waals surface area contributed by atoms with Crippen LogP contribution < -0.4 is 4.72 Å². The van der Waals surface area contributed by atoms with Crippen LogP contribution in [0.15, 0.2) is 60.0 Å². The van der Waals surface area contributed by atoms with Crippen molar-refractivity contribution in [2.24, 2.45) is 12.5 Å². The molecule has 32 heavy (non-hydrogen) atoms. The van der Waals surface area contributed by atoms with Crippen molar-refractivity contribution < 1.29 is 12.8 Å². The second-order valence-electron chi connectivity index (χ2n) is 9.43. The van der Waals surface area contributed by atoms with Crippen LogP contribution in [0, 0.1) is 11.2 Å². The average molecular weight is 453 g/mol. The molecule has 0 radical (unpaired) electrons. The van der Waals surface area contributed by atoms with Crippen LogP contribution in [0.4, 0.5) is 4.39 Å². The van der Waals surface area contributed by atoms with Crippen molar-refractivity contribution in [1.29, 1.82) is 0 Å². The molecule has 3 unspecified atom stereocenters. The van der Waals surface area contributed by atoms with Gasteiger partial charge in [-0.15, -0.1) is 0 Å². The minimum absolute atomic E-state index is 0.0661. The zero-order chi connectivity index (χ0) is 22.3. The number of aromatic nitrogens is 2. The van der Waals surface area contributed by atoms with E-state index in [2.05, 4.69) is 45.9 Å². The Morgan fingerprint density at radius 1 is 1.19 bits per heavy atom. The molecule has 6 nitrogen and oxygen atoms in total. The Balaban J connectivity index is 1.30. The van der Waals surface area contributed by atoms with E-state index in [1.54, 1.807) is 17.7 Å². The minimum atomic E-state index is -3.81. The highest BCUT2D eigenvalue weighted by Crippen LogP contribution is 2.76. The lowest BCUT2D eigenvalue weighted by atomic mass is 9.81. The lowest BCUT2D eigenvalue weighted by molar-refractivity contribution is 0.226. The van der Waals surface area contributed by atoms with Gasteiger partial charge in [-0.05, 0) is 48.6 Å². The first-order chi connectivity index (χ1) is 15.3. The number of sulfonamides is 1. The van der Waals surface area contributed by atoms with Crippen LogP contribution in [0.5, 0.6) is 0 Å². The molecular formula is C24H25FN4O2S. The largest absolute Gasteiger partial charge is 0.339 e. The zero-order valence-electron chi connectivity index (χ0n) is 18.0. The molecule has 2 aliphatic carbocycles. The van der Waals surface area contributed by atoms with Gasteiger partial charge in [0.2, 0.25) is 0 Å². The first kappa shape index (κ1) is 20.1. The third kappa shape index (κ3) is 2.89. The van der Waals surface area contributed by atoms with Crippen LogP contribution in [0.1, 0.15) is 28.2 Å². The number of benzene rings is 2. The zero-order valence-corrected chi connectivity index (χ0v) is 18.8. The van der Waals surface area contributed by atoms with E-state index in [0.29, 0.717) is 23.6 Å². The molecule has 1 saturated carbocycles. The smallest absolute Gasteiger partial charge is 0.259 e. The molecule has 1 aliphatic heterocycles. The second kappa shape index (κ2) is 6.73. The van der Waals surface area contributed by atoms with Gasteiger partial charge in [0.15, 0.2) is 5.03 Å². The van der Waals surface area contributed by atoms with Gasteiger partial charge in [-0.25, -0.2) is 22.5 Å². The lowest BCUT2D eigenvalue weighted by Crippen LogP contribution is -2.31. The molecular weight excluding hydrogens is 427 g/mol. The van der Waals surface area contributed by atoms with Gasteiger partial charge < -0.3 is 4.57 Å². The first-order valence-electron chi connectivity index (χ1n) is 10.9. The van der Waals surface area contributed by atoms with Gasteiger partial charge in [0.25, 0.3) is 10.0 Å². The number of imidazole rings is 1. The van der Waals surface area contributed by atoms with E-state index in [1.165, 1.54) is 23.7 Å². The predicted molar refractivity (Wildman–Crippen MR) is 118 cm³/mol. The Labute approximate surface area is 187 Å². The fourth-order valence-electron chi connectivity index (χ4n) is 6.01. The fourth-order valence-corrected chi connectivity index (χ4v) is 7.00. The van der Waals surface area contributed by atoms with E-state index in [0.717, 1.165) is 18.4 Å². The monoisotopic (exact) mass is 452 g/mol. The summed E-state index contributed by atoms with van der Waals surface area (Å²) in [5.41, 5.74) is 4.09. The van der Waals surface area contributed by atoms with Crippen LogP contribution in [-0.2, 0) is 36.5 Å². The van der Waals surface area contributed by atoms with Crippen molar-refractivity contribution in [2.75, 3.05) is 7.05 Å². The van der Waals surface area contributed by atoms with E-state index < -0.39 is 10.0 Å². The summed E-state index contributed by atoms with van der Waals surface area (Å²) in [6.07, 6.45) is 4.67. The maximum absolute atomic E-state index is 15.0. The molecule has 6 rings (SSSR count). The van der Waals surface area contributed by atoms with Gasteiger partial charge in [-0.3, -0.25) is 4.90 Å². The third-order valence-corrected chi connectivity index (χ3v) is 8.89. The number of aryl methyl sites for hydroxylation is 1. The van der Waals surface area contributed by atoms with Crippen molar-refractivity contribution in [1.82, 2.24) is 19.2 Å². The van der Waals surface area contributed by atoms with Crippen LogP contribution >= 0.6 is 0 Å². The molecule has 1 saturated heterocycles. The molecule has 166 valence electrons. The number of nitrogens with zero attached hydrogens (tertiary/aromatic N) is 3. The van der Waals surface area contributed by atoms with E-state index in [-0.39, 0.29) is 22.8 Å². The van der Waals surface area contributed by atoms with Crippen molar-refractivity contribution >= 4 is 10.0 Å². The second-order valence-corrected chi connectivity index (χ2v) is 11.1. The summed E-state index contributed by atoms with van der Waals surface area (Å²) in [4.78, 5) is 6.29. The maximum atomic E-state index is 15.0. The first-order valence-corrected chi connectivity index (χ1v) is 12.3. The molecule has 2 heterocycles. The highest BCUT2D eigenvalue weighted by atomic mass is 32.2. The van der Waals surface area contributed by atoms with E-state index in [1.807, 2.05) is 12.1 Å². The van der Waals surface area contributed by atoms with E-state index in [4.69, 9.17) is 0 Å². The van der Waals surface area contributed by atoms with Crippen molar-refractivity contribution in [3.63, 3.8) is 0 Å². The molecule has 0 bridgehead atoms. The average Bonchev–Trinajstić information content (AvgIpc) is 3.52. The maximum Gasteiger partial charge on any atom is 0.259 e. The normalized spacial score (nSPS) is 29.7. The van der Waals surface area contributed by atoms with Crippen LogP contribution in [0.2, 0.25) is 0 Å². The summed E-state index contributed by atoms with van der Waals surface area (Å²) in [7, 11) is 0.0521. The molecule has 2 aromatic carbocycles. The van der Waals surface area contributed by atoms with Crippen molar-refractivity contribution in [2.45, 2.75) is 42.4 Å². The summed E-state index contributed by atoms with van der Waals surface area (Å²) in [6.45, 7) is -0.101.